The second-order valence-corrected chi connectivity index (χ2v) is 5.40. The first-order valence-corrected chi connectivity index (χ1v) is 8.18. The fraction of sp³-hybridized carbons (Fsp3) is 0.200. The van der Waals surface area contributed by atoms with Crippen molar-refractivity contribution in [2.24, 2.45) is 0 Å². The van der Waals surface area contributed by atoms with Gasteiger partial charge in [0.25, 0.3) is 5.91 Å². The average molecular weight is 383 g/mol. The quantitative estimate of drug-likeness (QED) is 0.533. The van der Waals surface area contributed by atoms with Crippen LogP contribution in [-0.4, -0.2) is 34.3 Å². The fourth-order valence-electron chi connectivity index (χ4n) is 2.34. The lowest BCUT2D eigenvalue weighted by Crippen LogP contribution is -2.14. The summed E-state index contributed by atoms with van der Waals surface area (Å²) in [5.41, 5.74) is 0.885. The van der Waals surface area contributed by atoms with Gasteiger partial charge in [-0.05, 0) is 24.3 Å². The molecular weight excluding hydrogens is 362 g/mol. The summed E-state index contributed by atoms with van der Waals surface area (Å²) in [5, 5.41) is 14.9. The second kappa shape index (κ2) is 9.73. The Balaban J connectivity index is 2.19. The van der Waals surface area contributed by atoms with Crippen LogP contribution in [0.25, 0.3) is 0 Å². The highest BCUT2D eigenvalue weighted by atomic mass is 16.5. The zero-order chi connectivity index (χ0) is 20.5. The van der Waals surface area contributed by atoms with E-state index in [2.05, 4.69) is 10.6 Å². The van der Waals surface area contributed by atoms with Crippen LogP contribution in [0.2, 0.25) is 0 Å². The van der Waals surface area contributed by atoms with Crippen molar-refractivity contribution < 1.29 is 23.7 Å². The molecule has 8 nitrogen and oxygen atoms in total. The number of methoxy groups -OCH3 is 4. The summed E-state index contributed by atoms with van der Waals surface area (Å²) in [5.74, 6) is 1.55. The summed E-state index contributed by atoms with van der Waals surface area (Å²) in [4.78, 5) is 12.4. The third-order valence-corrected chi connectivity index (χ3v) is 3.79. The number of nitrogens with zero attached hydrogens (tertiary/aromatic N) is 1. The van der Waals surface area contributed by atoms with Crippen LogP contribution in [0, 0.1) is 11.3 Å². The Morgan fingerprint density at radius 3 is 2.21 bits per heavy atom. The Morgan fingerprint density at radius 2 is 1.61 bits per heavy atom. The molecule has 2 N–H and O–H groups in total. The Bertz CT molecular complexity index is 919. The number of nitrogens with one attached hydrogen (secondary N) is 2. The van der Waals surface area contributed by atoms with E-state index in [1.165, 1.54) is 27.5 Å². The van der Waals surface area contributed by atoms with Gasteiger partial charge in [0.05, 0.1) is 34.1 Å². The van der Waals surface area contributed by atoms with Gasteiger partial charge < -0.3 is 29.6 Å². The van der Waals surface area contributed by atoms with Crippen LogP contribution < -0.4 is 29.6 Å². The Labute approximate surface area is 163 Å². The van der Waals surface area contributed by atoms with Crippen molar-refractivity contribution >= 4 is 17.3 Å². The molecule has 0 aromatic heterocycles. The van der Waals surface area contributed by atoms with Crippen molar-refractivity contribution in [2.75, 3.05) is 39.1 Å². The standard InChI is InChI=1S/C20H21N3O5/c1-25-15-6-8-17(26-2)16(10-15)22-12-13(11-21)20(24)23-14-5-7-18(27-3)19(9-14)28-4/h5-10,12,22H,1-4H3,(H,23,24)/b13-12-. The zero-order valence-electron chi connectivity index (χ0n) is 16.0. The minimum absolute atomic E-state index is 0.125. The van der Waals surface area contributed by atoms with Crippen molar-refractivity contribution in [2.45, 2.75) is 0 Å². The molecule has 2 aromatic rings. The van der Waals surface area contributed by atoms with Crippen molar-refractivity contribution in [3.8, 4) is 29.1 Å². The van der Waals surface area contributed by atoms with E-state index in [0.717, 1.165) is 0 Å². The van der Waals surface area contributed by atoms with Crippen LogP contribution in [0.4, 0.5) is 11.4 Å². The summed E-state index contributed by atoms with van der Waals surface area (Å²) >= 11 is 0. The van der Waals surface area contributed by atoms with Crippen LogP contribution in [0.1, 0.15) is 0 Å². The third kappa shape index (κ3) is 4.86. The van der Waals surface area contributed by atoms with E-state index in [0.29, 0.717) is 34.4 Å². The normalized spacial score (nSPS) is 10.5. The SMILES string of the molecule is COc1ccc(OC)c(N/C=C(/C#N)C(=O)Nc2ccc(OC)c(OC)c2)c1. The van der Waals surface area contributed by atoms with Crippen LogP contribution in [0.5, 0.6) is 23.0 Å². The Hall–Kier alpha value is -3.86. The number of anilines is 2. The number of benzene rings is 2. The van der Waals surface area contributed by atoms with Gasteiger partial charge in [-0.3, -0.25) is 4.79 Å². The maximum atomic E-state index is 12.4. The highest BCUT2D eigenvalue weighted by Crippen LogP contribution is 2.30. The Morgan fingerprint density at radius 1 is 0.929 bits per heavy atom. The molecular formula is C20H21N3O5. The predicted molar refractivity (Wildman–Crippen MR) is 105 cm³/mol. The molecule has 0 fully saturated rings. The number of rotatable bonds is 8. The van der Waals surface area contributed by atoms with Gasteiger partial charge in [-0.1, -0.05) is 0 Å². The molecule has 0 aliphatic heterocycles. The summed E-state index contributed by atoms with van der Waals surface area (Å²) in [6.45, 7) is 0. The molecule has 2 rings (SSSR count). The van der Waals surface area contributed by atoms with Gasteiger partial charge in [0, 0.05) is 24.0 Å². The number of hydrogen-bond acceptors (Lipinski definition) is 7. The molecule has 0 unspecified atom stereocenters. The number of nitriles is 1. The summed E-state index contributed by atoms with van der Waals surface area (Å²) in [7, 11) is 6.07. The third-order valence-electron chi connectivity index (χ3n) is 3.79. The van der Waals surface area contributed by atoms with E-state index in [-0.39, 0.29) is 5.57 Å². The molecule has 0 aliphatic rings. The Kier molecular flexibility index (Phi) is 7.11. The summed E-state index contributed by atoms with van der Waals surface area (Å²) < 4.78 is 20.8. The van der Waals surface area contributed by atoms with Gasteiger partial charge in [0.1, 0.15) is 23.1 Å². The zero-order valence-corrected chi connectivity index (χ0v) is 16.0. The maximum absolute atomic E-state index is 12.4. The van der Waals surface area contributed by atoms with Gasteiger partial charge in [-0.2, -0.15) is 5.26 Å². The molecule has 0 heterocycles. The molecule has 0 atom stereocenters. The van der Waals surface area contributed by atoms with Gasteiger partial charge in [0.2, 0.25) is 0 Å². The van der Waals surface area contributed by atoms with Crippen LogP contribution in [0.3, 0.4) is 0 Å². The van der Waals surface area contributed by atoms with E-state index < -0.39 is 5.91 Å². The molecule has 0 radical (unpaired) electrons. The van der Waals surface area contributed by atoms with Crippen molar-refractivity contribution in [3.63, 3.8) is 0 Å². The van der Waals surface area contributed by atoms with E-state index in [1.54, 1.807) is 43.5 Å². The number of carbonyl (C=O) groups is 1. The second-order valence-electron chi connectivity index (χ2n) is 5.40. The number of carbonyl (C=O) groups excluding carboxylic acids is 1. The largest absolute Gasteiger partial charge is 0.497 e. The van der Waals surface area contributed by atoms with Gasteiger partial charge in [-0.25, -0.2) is 0 Å². The molecule has 0 saturated heterocycles. The molecule has 28 heavy (non-hydrogen) atoms. The minimum atomic E-state index is -0.580. The molecule has 146 valence electrons. The highest BCUT2D eigenvalue weighted by Gasteiger charge is 2.12. The topological polar surface area (TPSA) is 102 Å². The smallest absolute Gasteiger partial charge is 0.267 e. The fourth-order valence-corrected chi connectivity index (χ4v) is 2.34. The van der Waals surface area contributed by atoms with Crippen LogP contribution >= 0.6 is 0 Å². The summed E-state index contributed by atoms with van der Waals surface area (Å²) in [6, 6.07) is 11.9. The lowest BCUT2D eigenvalue weighted by molar-refractivity contribution is -0.112. The lowest BCUT2D eigenvalue weighted by atomic mass is 10.2. The number of hydrogen-bond donors (Lipinski definition) is 2. The van der Waals surface area contributed by atoms with Gasteiger partial charge in [0.15, 0.2) is 11.5 Å². The van der Waals surface area contributed by atoms with E-state index in [9.17, 15) is 10.1 Å². The van der Waals surface area contributed by atoms with Gasteiger partial charge in [-0.15, -0.1) is 0 Å². The first-order chi connectivity index (χ1) is 13.6. The van der Waals surface area contributed by atoms with E-state index >= 15 is 0 Å². The molecule has 1 amide bonds. The lowest BCUT2D eigenvalue weighted by Gasteiger charge is -2.11. The monoisotopic (exact) mass is 383 g/mol. The predicted octanol–water partition coefficient (Wildman–Crippen LogP) is 3.18. The highest BCUT2D eigenvalue weighted by molar-refractivity contribution is 6.06. The molecule has 0 spiro atoms. The van der Waals surface area contributed by atoms with Crippen molar-refractivity contribution in [1.29, 1.82) is 5.26 Å². The molecule has 8 heteroatoms. The van der Waals surface area contributed by atoms with E-state index in [4.69, 9.17) is 18.9 Å². The maximum Gasteiger partial charge on any atom is 0.267 e. The number of amides is 1. The van der Waals surface area contributed by atoms with Gasteiger partial charge >= 0.3 is 0 Å². The van der Waals surface area contributed by atoms with E-state index in [1.807, 2.05) is 6.07 Å². The van der Waals surface area contributed by atoms with Crippen molar-refractivity contribution in [3.05, 3.63) is 48.2 Å². The first-order valence-electron chi connectivity index (χ1n) is 8.18. The molecule has 0 bridgehead atoms. The van der Waals surface area contributed by atoms with Crippen molar-refractivity contribution in [1.82, 2.24) is 0 Å². The molecule has 2 aromatic carbocycles. The minimum Gasteiger partial charge on any atom is -0.497 e. The molecule has 0 aliphatic carbocycles. The first kappa shape index (κ1) is 20.5. The van der Waals surface area contributed by atoms with Crippen LogP contribution in [0.15, 0.2) is 48.2 Å². The van der Waals surface area contributed by atoms with Crippen LogP contribution in [-0.2, 0) is 4.79 Å². The molecule has 0 saturated carbocycles. The number of ether oxygens (including phenoxy) is 4. The summed E-state index contributed by atoms with van der Waals surface area (Å²) in [6.07, 6.45) is 1.30. The average Bonchev–Trinajstić information content (AvgIpc) is 2.73.